The first kappa shape index (κ1) is 14.3. The molecule has 1 heterocycles. The van der Waals surface area contributed by atoms with Crippen molar-refractivity contribution in [2.45, 2.75) is 12.6 Å². The van der Waals surface area contributed by atoms with Crippen molar-refractivity contribution >= 4 is 0 Å². The van der Waals surface area contributed by atoms with Gasteiger partial charge in [-0.25, -0.2) is 0 Å². The molecule has 1 aromatic heterocycles. The van der Waals surface area contributed by atoms with E-state index < -0.39 is 0 Å². The molecular weight excluding hydrogens is 250 g/mol. The number of nitrogens with one attached hydrogen (secondary N) is 1. The van der Waals surface area contributed by atoms with Gasteiger partial charge in [-0.2, -0.15) is 5.26 Å². The molecule has 0 bridgehead atoms. The van der Waals surface area contributed by atoms with Crippen LogP contribution in [0, 0.1) is 11.3 Å². The highest BCUT2D eigenvalue weighted by Crippen LogP contribution is 2.17. The Balaban J connectivity index is 1.92. The summed E-state index contributed by atoms with van der Waals surface area (Å²) in [5.41, 5.74) is 1.28. The van der Waals surface area contributed by atoms with Crippen molar-refractivity contribution in [1.29, 1.82) is 5.26 Å². The summed E-state index contributed by atoms with van der Waals surface area (Å²) in [5.74, 6) is 1.14. The van der Waals surface area contributed by atoms with Gasteiger partial charge in [0.1, 0.15) is 11.8 Å². The molecule has 4 heteroatoms. The molecule has 0 spiro atoms. The van der Waals surface area contributed by atoms with Crippen LogP contribution in [0.2, 0.25) is 0 Å². The summed E-state index contributed by atoms with van der Waals surface area (Å²) < 4.78 is 5.34. The zero-order valence-corrected chi connectivity index (χ0v) is 11.8. The van der Waals surface area contributed by atoms with Crippen LogP contribution in [-0.2, 0) is 6.54 Å². The largest absolute Gasteiger partial charge is 0.449 e. The summed E-state index contributed by atoms with van der Waals surface area (Å²) in [5, 5.41) is 12.1. The monoisotopic (exact) mass is 269 g/mol. The summed E-state index contributed by atoms with van der Waals surface area (Å²) in [6.07, 6.45) is 0. The highest BCUT2D eigenvalue weighted by atomic mass is 16.3. The van der Waals surface area contributed by atoms with Crippen LogP contribution in [0.15, 0.2) is 46.9 Å². The van der Waals surface area contributed by atoms with Gasteiger partial charge in [0.05, 0.1) is 6.54 Å². The number of furan rings is 1. The van der Waals surface area contributed by atoms with E-state index in [0.717, 1.165) is 12.3 Å². The highest BCUT2D eigenvalue weighted by Gasteiger charge is 2.13. The minimum Gasteiger partial charge on any atom is -0.449 e. The van der Waals surface area contributed by atoms with Crippen LogP contribution in [0.5, 0.6) is 0 Å². The molecule has 0 aliphatic carbocycles. The van der Waals surface area contributed by atoms with Gasteiger partial charge in [0.2, 0.25) is 5.76 Å². The Hall–Kier alpha value is -2.09. The van der Waals surface area contributed by atoms with Crippen LogP contribution in [0.3, 0.4) is 0 Å². The topological polar surface area (TPSA) is 52.2 Å². The standard InChI is InChI=1S/C16H19N3O/c1-19(2)16(13-6-4-3-5-7-13)12-18-11-15-9-8-14(10-17)20-15/h3-9,16,18H,11-12H2,1-2H3. The molecule has 0 aliphatic rings. The lowest BCUT2D eigenvalue weighted by atomic mass is 10.1. The van der Waals surface area contributed by atoms with Crippen LogP contribution < -0.4 is 5.32 Å². The number of nitriles is 1. The Labute approximate surface area is 119 Å². The second kappa shape index (κ2) is 6.90. The molecule has 0 fully saturated rings. The molecule has 0 aliphatic heterocycles. The number of rotatable bonds is 6. The summed E-state index contributed by atoms with van der Waals surface area (Å²) in [7, 11) is 4.14. The van der Waals surface area contributed by atoms with E-state index in [4.69, 9.17) is 9.68 Å². The number of hydrogen-bond acceptors (Lipinski definition) is 4. The van der Waals surface area contributed by atoms with Crippen molar-refractivity contribution in [2.24, 2.45) is 0 Å². The van der Waals surface area contributed by atoms with Crippen molar-refractivity contribution < 1.29 is 4.42 Å². The van der Waals surface area contributed by atoms with Crippen LogP contribution in [0.1, 0.15) is 23.1 Å². The number of likely N-dealkylation sites (N-methyl/N-ethyl adjacent to an activating group) is 1. The van der Waals surface area contributed by atoms with E-state index in [1.54, 1.807) is 6.07 Å². The van der Waals surface area contributed by atoms with Gasteiger partial charge >= 0.3 is 0 Å². The first-order chi connectivity index (χ1) is 9.70. The summed E-state index contributed by atoms with van der Waals surface area (Å²) in [6.45, 7) is 1.44. The fraction of sp³-hybridized carbons (Fsp3) is 0.312. The first-order valence-corrected chi connectivity index (χ1v) is 6.61. The molecule has 104 valence electrons. The zero-order valence-electron chi connectivity index (χ0n) is 11.8. The molecule has 0 amide bonds. The second-order valence-electron chi connectivity index (χ2n) is 4.90. The summed E-state index contributed by atoms with van der Waals surface area (Å²) >= 11 is 0. The maximum Gasteiger partial charge on any atom is 0.203 e. The van der Waals surface area contributed by atoms with Crippen molar-refractivity contribution in [3.8, 4) is 6.07 Å². The van der Waals surface area contributed by atoms with Gasteiger partial charge in [0.25, 0.3) is 0 Å². The van der Waals surface area contributed by atoms with Crippen LogP contribution in [0.25, 0.3) is 0 Å². The Morgan fingerprint density at radius 2 is 1.95 bits per heavy atom. The van der Waals surface area contributed by atoms with Crippen molar-refractivity contribution in [3.63, 3.8) is 0 Å². The molecule has 4 nitrogen and oxygen atoms in total. The molecule has 20 heavy (non-hydrogen) atoms. The Kier molecular flexibility index (Phi) is 4.94. The quantitative estimate of drug-likeness (QED) is 0.875. The third kappa shape index (κ3) is 3.70. The third-order valence-electron chi connectivity index (χ3n) is 3.22. The van der Waals surface area contributed by atoms with E-state index in [2.05, 4.69) is 48.6 Å². The van der Waals surface area contributed by atoms with Crippen molar-refractivity contribution in [3.05, 3.63) is 59.5 Å². The van der Waals surface area contributed by atoms with Gasteiger partial charge in [0, 0.05) is 12.6 Å². The lowest BCUT2D eigenvalue weighted by Gasteiger charge is -2.25. The Bertz CT molecular complexity index is 569. The van der Waals surface area contributed by atoms with Crippen molar-refractivity contribution in [2.75, 3.05) is 20.6 Å². The minimum absolute atomic E-state index is 0.307. The normalized spacial score (nSPS) is 12.3. The predicted octanol–water partition coefficient (Wildman–Crippen LogP) is 2.54. The fourth-order valence-corrected chi connectivity index (χ4v) is 2.14. The maximum absolute atomic E-state index is 8.72. The van der Waals surface area contributed by atoms with Crippen molar-refractivity contribution in [1.82, 2.24) is 10.2 Å². The van der Waals surface area contributed by atoms with Gasteiger partial charge in [-0.15, -0.1) is 0 Å². The molecule has 0 radical (unpaired) electrons. The van der Waals surface area contributed by atoms with Gasteiger partial charge in [-0.1, -0.05) is 30.3 Å². The highest BCUT2D eigenvalue weighted by molar-refractivity contribution is 5.20. The molecule has 1 aromatic carbocycles. The third-order valence-corrected chi connectivity index (χ3v) is 3.22. The van der Waals surface area contributed by atoms with E-state index in [-0.39, 0.29) is 0 Å². The molecule has 1 unspecified atom stereocenters. The van der Waals surface area contributed by atoms with Gasteiger partial charge in [-0.05, 0) is 31.8 Å². The number of benzene rings is 1. The Morgan fingerprint density at radius 1 is 1.20 bits per heavy atom. The SMILES string of the molecule is CN(C)C(CNCc1ccc(C#N)o1)c1ccccc1. The summed E-state index contributed by atoms with van der Waals surface area (Å²) in [4.78, 5) is 2.19. The average molecular weight is 269 g/mol. The first-order valence-electron chi connectivity index (χ1n) is 6.61. The van der Waals surface area contributed by atoms with E-state index in [1.807, 2.05) is 18.2 Å². The maximum atomic E-state index is 8.72. The lowest BCUT2D eigenvalue weighted by Crippen LogP contribution is -2.30. The molecule has 2 rings (SSSR count). The van der Waals surface area contributed by atoms with Gasteiger partial charge < -0.3 is 14.6 Å². The van der Waals surface area contributed by atoms with E-state index >= 15 is 0 Å². The average Bonchev–Trinajstić information content (AvgIpc) is 2.92. The molecule has 1 atom stereocenters. The fourth-order valence-electron chi connectivity index (χ4n) is 2.14. The number of hydrogen-bond donors (Lipinski definition) is 1. The molecule has 2 aromatic rings. The van der Waals surface area contributed by atoms with Gasteiger partial charge in [-0.3, -0.25) is 0 Å². The molecule has 1 N–H and O–H groups in total. The second-order valence-corrected chi connectivity index (χ2v) is 4.90. The zero-order chi connectivity index (χ0) is 14.4. The Morgan fingerprint density at radius 3 is 2.55 bits per heavy atom. The van der Waals surface area contributed by atoms with E-state index in [0.29, 0.717) is 18.3 Å². The molecule has 0 saturated heterocycles. The smallest absolute Gasteiger partial charge is 0.203 e. The predicted molar refractivity (Wildman–Crippen MR) is 78.0 cm³/mol. The minimum atomic E-state index is 0.307. The summed E-state index contributed by atoms with van der Waals surface area (Å²) in [6, 6.07) is 16.2. The van der Waals surface area contributed by atoms with Crippen LogP contribution >= 0.6 is 0 Å². The number of nitrogens with zero attached hydrogens (tertiary/aromatic N) is 2. The molecular formula is C16H19N3O. The van der Waals surface area contributed by atoms with Crippen LogP contribution in [-0.4, -0.2) is 25.5 Å². The van der Waals surface area contributed by atoms with E-state index in [1.165, 1.54) is 5.56 Å². The van der Waals surface area contributed by atoms with Gasteiger partial charge in [0.15, 0.2) is 0 Å². The van der Waals surface area contributed by atoms with Crippen LogP contribution in [0.4, 0.5) is 0 Å². The van der Waals surface area contributed by atoms with E-state index in [9.17, 15) is 0 Å². The molecule has 0 saturated carbocycles. The lowest BCUT2D eigenvalue weighted by molar-refractivity contribution is 0.285.